The van der Waals surface area contributed by atoms with E-state index in [4.69, 9.17) is 0 Å². The highest BCUT2D eigenvalue weighted by atomic mass is 15.3. The minimum Gasteiger partial charge on any atom is -0.338 e. The fourth-order valence-corrected chi connectivity index (χ4v) is 2.80. The molecular formula is C16H27N5. The Hall–Kier alpha value is -1.20. The number of nitrogens with zero attached hydrogens (tertiary/aromatic N) is 4. The van der Waals surface area contributed by atoms with Crippen LogP contribution in [0, 0.1) is 5.92 Å². The molecule has 1 N–H and O–H groups in total. The molecule has 2 aliphatic rings. The zero-order valence-corrected chi connectivity index (χ0v) is 13.3. The van der Waals surface area contributed by atoms with Crippen molar-refractivity contribution in [1.29, 1.82) is 0 Å². The van der Waals surface area contributed by atoms with Gasteiger partial charge in [-0.2, -0.15) is 0 Å². The molecule has 0 radical (unpaired) electrons. The Bertz CT molecular complexity index is 432. The number of piperazine rings is 1. The standard InChI is InChI=1S/C16H27N5/c1-13(2)12-20-5-7-21(8-6-20)16-18-10-14(11-19-16)9-17-15-3-4-15/h10-11,13,15,17H,3-9,12H2,1-2H3. The second-order valence-electron chi connectivity index (χ2n) is 6.73. The lowest BCUT2D eigenvalue weighted by molar-refractivity contribution is 0.230. The van der Waals surface area contributed by atoms with Crippen LogP contribution in [-0.4, -0.2) is 53.6 Å². The van der Waals surface area contributed by atoms with E-state index in [1.165, 1.54) is 24.9 Å². The lowest BCUT2D eigenvalue weighted by Crippen LogP contribution is -2.48. The highest BCUT2D eigenvalue weighted by Gasteiger charge is 2.21. The minimum atomic E-state index is 0.735. The molecule has 1 saturated heterocycles. The Morgan fingerprint density at radius 2 is 1.81 bits per heavy atom. The van der Waals surface area contributed by atoms with Crippen LogP contribution >= 0.6 is 0 Å². The van der Waals surface area contributed by atoms with Gasteiger partial charge in [0.05, 0.1) is 0 Å². The third kappa shape index (κ3) is 4.38. The first kappa shape index (κ1) is 14.7. The molecular weight excluding hydrogens is 262 g/mol. The second kappa shape index (κ2) is 6.71. The highest BCUT2D eigenvalue weighted by molar-refractivity contribution is 5.30. The van der Waals surface area contributed by atoms with Gasteiger partial charge in [0.1, 0.15) is 0 Å². The van der Waals surface area contributed by atoms with Crippen molar-refractivity contribution in [1.82, 2.24) is 20.2 Å². The van der Waals surface area contributed by atoms with Crippen LogP contribution in [0.5, 0.6) is 0 Å². The Labute approximate surface area is 127 Å². The summed E-state index contributed by atoms with van der Waals surface area (Å²) in [6.45, 7) is 11.0. The number of nitrogens with one attached hydrogen (secondary N) is 1. The van der Waals surface area contributed by atoms with E-state index in [9.17, 15) is 0 Å². The first-order valence-corrected chi connectivity index (χ1v) is 8.22. The van der Waals surface area contributed by atoms with E-state index in [2.05, 4.69) is 38.9 Å². The third-order valence-corrected chi connectivity index (χ3v) is 4.14. The van der Waals surface area contributed by atoms with Crippen molar-refractivity contribution in [2.45, 2.75) is 39.3 Å². The molecule has 1 aromatic rings. The van der Waals surface area contributed by atoms with Crippen LogP contribution in [-0.2, 0) is 6.54 Å². The van der Waals surface area contributed by atoms with E-state index in [1.807, 2.05) is 12.4 Å². The van der Waals surface area contributed by atoms with Crippen molar-refractivity contribution < 1.29 is 0 Å². The molecule has 5 heteroatoms. The van der Waals surface area contributed by atoms with Crippen molar-refractivity contribution in [3.8, 4) is 0 Å². The highest BCUT2D eigenvalue weighted by Crippen LogP contribution is 2.19. The third-order valence-electron chi connectivity index (χ3n) is 4.14. The van der Waals surface area contributed by atoms with Gasteiger partial charge in [0.2, 0.25) is 5.95 Å². The van der Waals surface area contributed by atoms with Gasteiger partial charge < -0.3 is 10.2 Å². The molecule has 21 heavy (non-hydrogen) atoms. The fourth-order valence-electron chi connectivity index (χ4n) is 2.80. The van der Waals surface area contributed by atoms with Crippen LogP contribution in [0.3, 0.4) is 0 Å². The Morgan fingerprint density at radius 3 is 2.38 bits per heavy atom. The smallest absolute Gasteiger partial charge is 0.225 e. The number of rotatable bonds is 6. The van der Waals surface area contributed by atoms with Gasteiger partial charge in [0.25, 0.3) is 0 Å². The van der Waals surface area contributed by atoms with Gasteiger partial charge in [-0.1, -0.05) is 13.8 Å². The molecule has 116 valence electrons. The van der Waals surface area contributed by atoms with Gasteiger partial charge in [0, 0.05) is 63.3 Å². The normalized spacial score (nSPS) is 20.2. The first-order valence-electron chi connectivity index (χ1n) is 8.22. The largest absolute Gasteiger partial charge is 0.338 e. The summed E-state index contributed by atoms with van der Waals surface area (Å²) in [4.78, 5) is 13.9. The van der Waals surface area contributed by atoms with Gasteiger partial charge in [-0.3, -0.25) is 4.90 Å². The summed E-state index contributed by atoms with van der Waals surface area (Å²) in [5, 5.41) is 3.50. The maximum absolute atomic E-state index is 4.54. The maximum Gasteiger partial charge on any atom is 0.225 e. The Morgan fingerprint density at radius 1 is 1.14 bits per heavy atom. The molecule has 5 nitrogen and oxygen atoms in total. The average Bonchev–Trinajstić information content (AvgIpc) is 3.30. The summed E-state index contributed by atoms with van der Waals surface area (Å²) in [5.41, 5.74) is 1.18. The number of hydrogen-bond donors (Lipinski definition) is 1. The summed E-state index contributed by atoms with van der Waals surface area (Å²) in [7, 11) is 0. The molecule has 1 aliphatic heterocycles. The van der Waals surface area contributed by atoms with E-state index in [-0.39, 0.29) is 0 Å². The number of hydrogen-bond acceptors (Lipinski definition) is 5. The maximum atomic E-state index is 4.54. The summed E-state index contributed by atoms with van der Waals surface area (Å²) >= 11 is 0. The molecule has 0 spiro atoms. The van der Waals surface area contributed by atoms with E-state index < -0.39 is 0 Å². The predicted molar refractivity (Wildman–Crippen MR) is 85.4 cm³/mol. The second-order valence-corrected chi connectivity index (χ2v) is 6.73. The molecule has 2 heterocycles. The van der Waals surface area contributed by atoms with Crippen molar-refractivity contribution in [3.63, 3.8) is 0 Å². The molecule has 1 saturated carbocycles. The molecule has 0 amide bonds. The first-order chi connectivity index (χ1) is 10.2. The van der Waals surface area contributed by atoms with Crippen molar-refractivity contribution in [2.75, 3.05) is 37.6 Å². The molecule has 3 rings (SSSR count). The van der Waals surface area contributed by atoms with Gasteiger partial charge in [-0.05, 0) is 18.8 Å². The van der Waals surface area contributed by atoms with Crippen LogP contribution < -0.4 is 10.2 Å². The van der Waals surface area contributed by atoms with Crippen molar-refractivity contribution in [2.24, 2.45) is 5.92 Å². The Kier molecular flexibility index (Phi) is 4.70. The van der Waals surface area contributed by atoms with Crippen LogP contribution in [0.1, 0.15) is 32.3 Å². The van der Waals surface area contributed by atoms with Crippen LogP contribution in [0.2, 0.25) is 0 Å². The lowest BCUT2D eigenvalue weighted by Gasteiger charge is -2.35. The zero-order valence-electron chi connectivity index (χ0n) is 13.3. The average molecular weight is 289 g/mol. The van der Waals surface area contributed by atoms with Crippen molar-refractivity contribution in [3.05, 3.63) is 18.0 Å². The fraction of sp³-hybridized carbons (Fsp3) is 0.750. The van der Waals surface area contributed by atoms with Crippen LogP contribution in [0.4, 0.5) is 5.95 Å². The molecule has 1 aromatic heterocycles. The topological polar surface area (TPSA) is 44.3 Å². The molecule has 0 aromatic carbocycles. The predicted octanol–water partition coefficient (Wildman–Crippen LogP) is 1.51. The molecule has 0 bridgehead atoms. The van der Waals surface area contributed by atoms with Crippen LogP contribution in [0.25, 0.3) is 0 Å². The zero-order chi connectivity index (χ0) is 14.7. The van der Waals surface area contributed by atoms with Gasteiger partial charge in [-0.15, -0.1) is 0 Å². The molecule has 0 atom stereocenters. The monoisotopic (exact) mass is 289 g/mol. The lowest BCUT2D eigenvalue weighted by atomic mass is 10.2. The van der Waals surface area contributed by atoms with E-state index >= 15 is 0 Å². The summed E-state index contributed by atoms with van der Waals surface area (Å²) in [6, 6.07) is 0.735. The number of anilines is 1. The Balaban J connectivity index is 1.48. The van der Waals surface area contributed by atoms with Gasteiger partial charge >= 0.3 is 0 Å². The van der Waals surface area contributed by atoms with Crippen LogP contribution in [0.15, 0.2) is 12.4 Å². The summed E-state index contributed by atoms with van der Waals surface area (Å²) in [5.74, 6) is 1.63. The molecule has 2 fully saturated rings. The summed E-state index contributed by atoms with van der Waals surface area (Å²) < 4.78 is 0. The van der Waals surface area contributed by atoms with Gasteiger partial charge in [0.15, 0.2) is 0 Å². The quantitative estimate of drug-likeness (QED) is 0.860. The number of aromatic nitrogens is 2. The summed E-state index contributed by atoms with van der Waals surface area (Å²) in [6.07, 6.45) is 6.58. The van der Waals surface area contributed by atoms with Crippen molar-refractivity contribution >= 4 is 5.95 Å². The molecule has 1 aliphatic carbocycles. The van der Waals surface area contributed by atoms with E-state index in [0.717, 1.165) is 50.6 Å². The van der Waals surface area contributed by atoms with Gasteiger partial charge in [-0.25, -0.2) is 9.97 Å². The molecule has 0 unspecified atom stereocenters. The van der Waals surface area contributed by atoms with E-state index in [0.29, 0.717) is 0 Å². The minimum absolute atomic E-state index is 0.735. The SMILES string of the molecule is CC(C)CN1CCN(c2ncc(CNC3CC3)cn2)CC1. The van der Waals surface area contributed by atoms with E-state index in [1.54, 1.807) is 0 Å².